The van der Waals surface area contributed by atoms with Crippen molar-refractivity contribution in [2.75, 3.05) is 18.5 Å². The molecule has 3 heterocycles. The minimum absolute atomic E-state index is 0.0295. The first-order chi connectivity index (χ1) is 11.2. The van der Waals surface area contributed by atoms with Crippen LogP contribution in [-0.2, 0) is 9.53 Å². The smallest absolute Gasteiger partial charge is 0.240 e. The van der Waals surface area contributed by atoms with Crippen LogP contribution in [0.1, 0.15) is 6.42 Å². The molecular weight excluding hydrogens is 296 g/mol. The van der Waals surface area contributed by atoms with E-state index in [-0.39, 0.29) is 5.92 Å². The van der Waals surface area contributed by atoms with Gasteiger partial charge in [0, 0.05) is 17.9 Å². The van der Waals surface area contributed by atoms with Gasteiger partial charge in [0.25, 0.3) is 0 Å². The molecule has 118 valence electrons. The van der Waals surface area contributed by atoms with Crippen LogP contribution in [0, 0.1) is 5.92 Å². The molecule has 1 fully saturated rings. The fourth-order valence-corrected chi connectivity index (χ4v) is 3.01. The van der Waals surface area contributed by atoms with Gasteiger partial charge >= 0.3 is 0 Å². The third-order valence-corrected chi connectivity index (χ3v) is 4.19. The van der Waals surface area contributed by atoms with Gasteiger partial charge in [0.1, 0.15) is 23.5 Å². The minimum Gasteiger partial charge on any atom is -0.450 e. The van der Waals surface area contributed by atoms with Crippen molar-refractivity contribution >= 4 is 33.8 Å². The van der Waals surface area contributed by atoms with E-state index in [2.05, 4.69) is 15.3 Å². The normalized spacial score (nSPS) is 19.2. The summed E-state index contributed by atoms with van der Waals surface area (Å²) in [4.78, 5) is 20.4. The van der Waals surface area contributed by atoms with E-state index in [1.807, 2.05) is 24.3 Å². The third kappa shape index (κ3) is 2.39. The monoisotopic (exact) mass is 312 g/mol. The highest BCUT2D eigenvalue weighted by molar-refractivity contribution is 6.05. The number of nitrogens with two attached hydrogens (primary N) is 1. The summed E-state index contributed by atoms with van der Waals surface area (Å²) in [5.74, 6) is 0.0761. The fraction of sp³-hybridized carbons (Fsp3) is 0.312. The molecule has 4 rings (SSSR count). The molecule has 23 heavy (non-hydrogen) atoms. The van der Waals surface area contributed by atoms with Crippen molar-refractivity contribution in [1.82, 2.24) is 9.97 Å². The minimum atomic E-state index is -0.552. The zero-order chi connectivity index (χ0) is 15.8. The zero-order valence-corrected chi connectivity index (χ0v) is 12.4. The molecule has 2 atom stereocenters. The lowest BCUT2D eigenvalue weighted by Crippen LogP contribution is -2.42. The number of furan rings is 1. The number of primary amides is 1. The van der Waals surface area contributed by atoms with Crippen LogP contribution in [0.3, 0.4) is 0 Å². The van der Waals surface area contributed by atoms with Crippen LogP contribution < -0.4 is 11.1 Å². The number of aromatic nitrogens is 2. The summed E-state index contributed by atoms with van der Waals surface area (Å²) in [6.07, 6.45) is 2.24. The number of rotatable bonds is 4. The molecule has 1 saturated heterocycles. The van der Waals surface area contributed by atoms with Gasteiger partial charge in [-0.2, -0.15) is 0 Å². The fourth-order valence-electron chi connectivity index (χ4n) is 3.01. The van der Waals surface area contributed by atoms with E-state index in [0.29, 0.717) is 30.1 Å². The zero-order valence-electron chi connectivity index (χ0n) is 12.4. The van der Waals surface area contributed by atoms with Gasteiger partial charge in [-0.05, 0) is 18.6 Å². The van der Waals surface area contributed by atoms with Crippen LogP contribution in [0.4, 0.5) is 5.82 Å². The third-order valence-electron chi connectivity index (χ3n) is 4.19. The Kier molecular flexibility index (Phi) is 3.34. The first kappa shape index (κ1) is 14.0. The molecule has 0 radical (unpaired) electrons. The molecule has 2 aromatic heterocycles. The van der Waals surface area contributed by atoms with E-state index in [1.54, 1.807) is 0 Å². The van der Waals surface area contributed by atoms with Gasteiger partial charge in [-0.25, -0.2) is 9.97 Å². The number of fused-ring (bicyclic) bond motifs is 3. The van der Waals surface area contributed by atoms with Crippen molar-refractivity contribution in [2.24, 2.45) is 11.7 Å². The molecule has 1 amide bonds. The summed E-state index contributed by atoms with van der Waals surface area (Å²) in [6.45, 7) is 1.15. The van der Waals surface area contributed by atoms with Crippen molar-refractivity contribution in [3.63, 3.8) is 0 Å². The molecule has 3 N–H and O–H groups in total. The highest BCUT2D eigenvalue weighted by atomic mass is 16.5. The number of nitrogens with zero attached hydrogens (tertiary/aromatic N) is 2. The van der Waals surface area contributed by atoms with Crippen molar-refractivity contribution in [1.29, 1.82) is 0 Å². The molecule has 0 bridgehead atoms. The van der Waals surface area contributed by atoms with Crippen molar-refractivity contribution in [2.45, 2.75) is 12.5 Å². The second-order valence-corrected chi connectivity index (χ2v) is 5.65. The van der Waals surface area contributed by atoms with Crippen LogP contribution >= 0.6 is 0 Å². The molecule has 1 aromatic carbocycles. The van der Waals surface area contributed by atoms with Gasteiger partial charge in [0.15, 0.2) is 11.4 Å². The number of nitrogens with one attached hydrogen (secondary N) is 1. The average Bonchev–Trinajstić information content (AvgIpc) is 3.20. The summed E-state index contributed by atoms with van der Waals surface area (Å²) < 4.78 is 11.2. The van der Waals surface area contributed by atoms with Gasteiger partial charge < -0.3 is 20.2 Å². The highest BCUT2D eigenvalue weighted by Crippen LogP contribution is 2.31. The highest BCUT2D eigenvalue weighted by Gasteiger charge is 2.31. The van der Waals surface area contributed by atoms with Gasteiger partial charge in [0.05, 0.1) is 6.61 Å². The Bertz CT molecular complexity index is 870. The van der Waals surface area contributed by atoms with Crippen molar-refractivity contribution < 1.29 is 13.9 Å². The Hall–Kier alpha value is -2.67. The van der Waals surface area contributed by atoms with Gasteiger partial charge in [-0.1, -0.05) is 12.1 Å². The molecule has 3 aromatic rings. The number of hydrogen-bond donors (Lipinski definition) is 2. The topological polar surface area (TPSA) is 103 Å². The van der Waals surface area contributed by atoms with E-state index >= 15 is 0 Å². The number of ether oxygens (including phenoxy) is 1. The molecule has 1 aliphatic heterocycles. The maximum atomic E-state index is 11.8. The molecule has 7 heteroatoms. The summed E-state index contributed by atoms with van der Waals surface area (Å²) >= 11 is 0. The molecule has 7 nitrogen and oxygen atoms in total. The van der Waals surface area contributed by atoms with Gasteiger partial charge in [0.2, 0.25) is 5.91 Å². The number of anilines is 1. The van der Waals surface area contributed by atoms with Crippen LogP contribution in [0.5, 0.6) is 0 Å². The molecule has 0 aliphatic carbocycles. The Morgan fingerprint density at radius 1 is 1.35 bits per heavy atom. The molecule has 0 spiro atoms. The number of benzene rings is 1. The Morgan fingerprint density at radius 2 is 2.22 bits per heavy atom. The second-order valence-electron chi connectivity index (χ2n) is 5.65. The summed E-state index contributed by atoms with van der Waals surface area (Å²) in [5.41, 5.74) is 7.52. The Balaban J connectivity index is 1.77. The van der Waals surface area contributed by atoms with Gasteiger partial charge in [-0.3, -0.25) is 4.79 Å². The van der Waals surface area contributed by atoms with E-state index in [9.17, 15) is 4.79 Å². The second kappa shape index (κ2) is 5.51. The van der Waals surface area contributed by atoms with E-state index in [1.165, 1.54) is 6.33 Å². The van der Waals surface area contributed by atoms with Crippen LogP contribution in [0.25, 0.3) is 22.1 Å². The maximum Gasteiger partial charge on any atom is 0.240 e. The molecule has 1 aliphatic rings. The predicted molar refractivity (Wildman–Crippen MR) is 84.8 cm³/mol. The lowest BCUT2D eigenvalue weighted by molar-refractivity contribution is -0.119. The quantitative estimate of drug-likeness (QED) is 0.759. The Labute approximate surface area is 131 Å². The maximum absolute atomic E-state index is 11.8. The lowest BCUT2D eigenvalue weighted by Gasteiger charge is -2.20. The van der Waals surface area contributed by atoms with E-state index < -0.39 is 11.9 Å². The van der Waals surface area contributed by atoms with Gasteiger partial charge in [-0.15, -0.1) is 0 Å². The first-order valence-corrected chi connectivity index (χ1v) is 7.50. The lowest BCUT2D eigenvalue weighted by atomic mass is 9.98. The number of carbonyl (C=O) groups excluding carboxylic acids is 1. The number of carbonyl (C=O) groups is 1. The van der Waals surface area contributed by atoms with E-state index in [0.717, 1.165) is 17.4 Å². The summed E-state index contributed by atoms with van der Waals surface area (Å²) in [5, 5.41) is 4.03. The summed E-state index contributed by atoms with van der Waals surface area (Å²) in [7, 11) is 0. The van der Waals surface area contributed by atoms with E-state index in [4.69, 9.17) is 14.9 Å². The van der Waals surface area contributed by atoms with Crippen LogP contribution in [-0.4, -0.2) is 35.1 Å². The molecule has 0 unspecified atom stereocenters. The SMILES string of the molecule is NC(=O)[C@H](Nc1ncnc2c1oc1ccccc12)[C@H]1CCOC1. The summed E-state index contributed by atoms with van der Waals surface area (Å²) in [6, 6.07) is 7.08. The standard InChI is InChI=1S/C16H16N4O3/c17-15(21)12(9-5-6-22-7-9)20-16-14-13(18-8-19-16)10-3-1-2-4-11(10)23-14/h1-4,8-9,12H,5-7H2,(H2,17,21)(H,18,19,20)/t9-,12+/m0/s1. The van der Waals surface area contributed by atoms with Crippen LogP contribution in [0.2, 0.25) is 0 Å². The molecular formula is C16H16N4O3. The van der Waals surface area contributed by atoms with Crippen molar-refractivity contribution in [3.05, 3.63) is 30.6 Å². The largest absolute Gasteiger partial charge is 0.450 e. The number of para-hydroxylation sites is 1. The first-order valence-electron chi connectivity index (χ1n) is 7.50. The predicted octanol–water partition coefficient (Wildman–Crippen LogP) is 1.68. The molecule has 0 saturated carbocycles. The average molecular weight is 312 g/mol. The Morgan fingerprint density at radius 3 is 3.00 bits per heavy atom. The number of amides is 1. The van der Waals surface area contributed by atoms with Crippen LogP contribution in [0.15, 0.2) is 35.0 Å². The number of hydrogen-bond acceptors (Lipinski definition) is 6. The van der Waals surface area contributed by atoms with Crippen molar-refractivity contribution in [3.8, 4) is 0 Å².